The summed E-state index contributed by atoms with van der Waals surface area (Å²) in [6, 6.07) is 9.91. The molecule has 1 unspecified atom stereocenters. The zero-order chi connectivity index (χ0) is 22.3. The van der Waals surface area contributed by atoms with Gasteiger partial charge in [0.05, 0.1) is 11.6 Å². The predicted molar refractivity (Wildman–Crippen MR) is 123 cm³/mol. The van der Waals surface area contributed by atoms with Crippen molar-refractivity contribution in [3.8, 4) is 11.5 Å². The van der Waals surface area contributed by atoms with Crippen LogP contribution in [-0.4, -0.2) is 36.4 Å². The van der Waals surface area contributed by atoms with Crippen molar-refractivity contribution in [3.05, 3.63) is 62.5 Å². The Labute approximate surface area is 191 Å². The molecule has 1 N–H and O–H groups in total. The number of carboxylic acids is 1. The third kappa shape index (κ3) is 6.81. The number of carbonyl (C=O) groups excluding carboxylic acids is 1. The van der Waals surface area contributed by atoms with E-state index in [-0.39, 0.29) is 11.7 Å². The first-order valence-corrected chi connectivity index (χ1v) is 10.6. The van der Waals surface area contributed by atoms with E-state index in [4.69, 9.17) is 9.47 Å². The van der Waals surface area contributed by atoms with Gasteiger partial charge in [0.25, 0.3) is 0 Å². The Balaban J connectivity index is 2.19. The number of esters is 1. The standard InChI is InChI=1S/C22H21Br2NO5/c1-13(2)20(22(27)28)25-12-15-10-17(24)21(18(11-15)29-3)30-19(26)9-6-14-4-7-16(23)8-5-14/h4-13,20H,1-3H3,(H,27,28)/b9-6+,25-12+. The number of hydrogen-bond donors (Lipinski definition) is 1. The molecule has 0 fully saturated rings. The smallest absolute Gasteiger partial charge is 0.336 e. The van der Waals surface area contributed by atoms with Crippen LogP contribution in [0.2, 0.25) is 0 Å². The van der Waals surface area contributed by atoms with Gasteiger partial charge in [-0.1, -0.05) is 41.9 Å². The van der Waals surface area contributed by atoms with Crippen molar-refractivity contribution in [3.63, 3.8) is 0 Å². The minimum absolute atomic E-state index is 0.151. The molecule has 0 radical (unpaired) electrons. The fourth-order valence-corrected chi connectivity index (χ4v) is 3.28. The Kier molecular flexibility index (Phi) is 8.80. The van der Waals surface area contributed by atoms with Gasteiger partial charge < -0.3 is 14.6 Å². The van der Waals surface area contributed by atoms with Crippen molar-refractivity contribution in [2.75, 3.05) is 7.11 Å². The number of methoxy groups -OCH3 is 1. The van der Waals surface area contributed by atoms with Gasteiger partial charge >= 0.3 is 11.9 Å². The Morgan fingerprint density at radius 3 is 2.33 bits per heavy atom. The normalized spacial score (nSPS) is 12.5. The quantitative estimate of drug-likeness (QED) is 0.211. The molecule has 2 rings (SSSR count). The van der Waals surface area contributed by atoms with Crippen molar-refractivity contribution in [2.45, 2.75) is 19.9 Å². The summed E-state index contributed by atoms with van der Waals surface area (Å²) >= 11 is 6.73. The molecule has 0 saturated carbocycles. The van der Waals surface area contributed by atoms with Crippen molar-refractivity contribution in [1.82, 2.24) is 0 Å². The Morgan fingerprint density at radius 1 is 1.10 bits per heavy atom. The summed E-state index contributed by atoms with van der Waals surface area (Å²) in [5.41, 5.74) is 1.46. The molecule has 158 valence electrons. The average Bonchev–Trinajstić information content (AvgIpc) is 2.68. The summed E-state index contributed by atoms with van der Waals surface area (Å²) in [4.78, 5) is 27.7. The SMILES string of the molecule is COc1cc(/C=N/C(C(=O)O)C(C)C)cc(Br)c1OC(=O)/C=C/c1ccc(Br)cc1. The van der Waals surface area contributed by atoms with Gasteiger partial charge in [0.2, 0.25) is 0 Å². The predicted octanol–water partition coefficient (Wildman–Crippen LogP) is 5.37. The van der Waals surface area contributed by atoms with Crippen LogP contribution in [0.4, 0.5) is 0 Å². The number of carbonyl (C=O) groups is 2. The molecule has 2 aromatic carbocycles. The molecular weight excluding hydrogens is 518 g/mol. The van der Waals surface area contributed by atoms with Crippen molar-refractivity contribution in [2.24, 2.45) is 10.9 Å². The molecule has 0 amide bonds. The van der Waals surface area contributed by atoms with E-state index in [2.05, 4.69) is 36.9 Å². The van der Waals surface area contributed by atoms with E-state index in [9.17, 15) is 14.7 Å². The van der Waals surface area contributed by atoms with Gasteiger partial charge in [0, 0.05) is 16.8 Å². The second kappa shape index (κ2) is 11.1. The molecule has 0 bridgehead atoms. The van der Waals surface area contributed by atoms with Crippen LogP contribution < -0.4 is 9.47 Å². The van der Waals surface area contributed by atoms with Gasteiger partial charge in [-0.3, -0.25) is 4.99 Å². The number of halogens is 2. The molecular formula is C22H21Br2NO5. The minimum Gasteiger partial charge on any atom is -0.493 e. The number of nitrogens with zero attached hydrogens (tertiary/aromatic N) is 1. The molecule has 6 nitrogen and oxygen atoms in total. The van der Waals surface area contributed by atoms with Crippen molar-refractivity contribution >= 4 is 56.1 Å². The van der Waals surface area contributed by atoms with Gasteiger partial charge in [0.15, 0.2) is 11.5 Å². The highest BCUT2D eigenvalue weighted by Crippen LogP contribution is 2.36. The number of aliphatic imine (C=N–C) groups is 1. The molecule has 0 aromatic heterocycles. The Bertz CT molecular complexity index is 968. The van der Waals surface area contributed by atoms with E-state index in [0.717, 1.165) is 10.0 Å². The zero-order valence-electron chi connectivity index (χ0n) is 16.6. The fraction of sp³-hybridized carbons (Fsp3) is 0.227. The molecule has 0 spiro atoms. The summed E-state index contributed by atoms with van der Waals surface area (Å²) in [6.07, 6.45) is 4.43. The monoisotopic (exact) mass is 537 g/mol. The number of rotatable bonds is 8. The van der Waals surface area contributed by atoms with Gasteiger partial charge in [-0.15, -0.1) is 0 Å². The second-order valence-corrected chi connectivity index (χ2v) is 8.42. The number of hydrogen-bond acceptors (Lipinski definition) is 5. The molecule has 0 aliphatic rings. The van der Waals surface area contributed by atoms with Crippen LogP contribution in [0.5, 0.6) is 11.5 Å². The summed E-state index contributed by atoms with van der Waals surface area (Å²) < 4.78 is 12.2. The first-order chi connectivity index (χ1) is 14.2. The lowest BCUT2D eigenvalue weighted by atomic mass is 10.1. The first-order valence-electron chi connectivity index (χ1n) is 9.00. The van der Waals surface area contributed by atoms with Crippen LogP contribution in [0.3, 0.4) is 0 Å². The summed E-state index contributed by atoms with van der Waals surface area (Å²) in [7, 11) is 1.45. The summed E-state index contributed by atoms with van der Waals surface area (Å²) in [5.74, 6) is -1.17. The molecule has 30 heavy (non-hydrogen) atoms. The highest BCUT2D eigenvalue weighted by atomic mass is 79.9. The van der Waals surface area contributed by atoms with Gasteiger partial charge in [-0.05, 0) is 63.3 Å². The van der Waals surface area contributed by atoms with E-state index >= 15 is 0 Å². The third-order valence-electron chi connectivity index (χ3n) is 4.00. The molecule has 0 aliphatic carbocycles. The summed E-state index contributed by atoms with van der Waals surface area (Å²) in [5, 5.41) is 9.25. The molecule has 8 heteroatoms. The maximum absolute atomic E-state index is 12.2. The molecule has 0 heterocycles. The zero-order valence-corrected chi connectivity index (χ0v) is 19.8. The van der Waals surface area contributed by atoms with Gasteiger partial charge in [-0.25, -0.2) is 9.59 Å². The van der Waals surface area contributed by atoms with Crippen LogP contribution in [0.1, 0.15) is 25.0 Å². The maximum Gasteiger partial charge on any atom is 0.336 e. The van der Waals surface area contributed by atoms with Crippen LogP contribution in [0.15, 0.2) is 56.4 Å². The largest absolute Gasteiger partial charge is 0.493 e. The minimum atomic E-state index is -0.990. The molecule has 2 aromatic rings. The highest BCUT2D eigenvalue weighted by Gasteiger charge is 2.20. The molecule has 0 aliphatic heterocycles. The Morgan fingerprint density at radius 2 is 1.77 bits per heavy atom. The highest BCUT2D eigenvalue weighted by molar-refractivity contribution is 9.10. The van der Waals surface area contributed by atoms with E-state index in [1.54, 1.807) is 32.1 Å². The van der Waals surface area contributed by atoms with Crippen molar-refractivity contribution in [1.29, 1.82) is 0 Å². The lowest BCUT2D eigenvalue weighted by Gasteiger charge is -2.12. The van der Waals surface area contributed by atoms with E-state index in [1.165, 1.54) is 19.4 Å². The number of aliphatic carboxylic acids is 1. The molecule has 1 atom stereocenters. The average molecular weight is 539 g/mol. The van der Waals surface area contributed by atoms with Crippen LogP contribution in [-0.2, 0) is 9.59 Å². The van der Waals surface area contributed by atoms with Crippen molar-refractivity contribution < 1.29 is 24.2 Å². The summed E-state index contributed by atoms with van der Waals surface area (Å²) in [6.45, 7) is 3.58. The van der Waals surface area contributed by atoms with E-state index < -0.39 is 18.0 Å². The number of carboxylic acid groups (broad SMARTS) is 1. The van der Waals surface area contributed by atoms with Crippen LogP contribution in [0, 0.1) is 5.92 Å². The van der Waals surface area contributed by atoms with E-state index in [1.807, 2.05) is 24.3 Å². The van der Waals surface area contributed by atoms with E-state index in [0.29, 0.717) is 15.8 Å². The number of ether oxygens (including phenoxy) is 2. The van der Waals surface area contributed by atoms with Crippen LogP contribution in [0.25, 0.3) is 6.08 Å². The fourth-order valence-electron chi connectivity index (χ4n) is 2.47. The first kappa shape index (κ1) is 23.8. The Hall–Kier alpha value is -2.45. The third-order valence-corrected chi connectivity index (χ3v) is 5.12. The topological polar surface area (TPSA) is 85.2 Å². The van der Waals surface area contributed by atoms with Gasteiger partial charge in [0.1, 0.15) is 6.04 Å². The lowest BCUT2D eigenvalue weighted by molar-refractivity contribution is -0.139. The van der Waals surface area contributed by atoms with Crippen LogP contribution >= 0.6 is 31.9 Å². The lowest BCUT2D eigenvalue weighted by Crippen LogP contribution is -2.24. The molecule has 0 saturated heterocycles. The maximum atomic E-state index is 12.2. The van der Waals surface area contributed by atoms with Gasteiger partial charge in [-0.2, -0.15) is 0 Å². The number of benzene rings is 2. The second-order valence-electron chi connectivity index (χ2n) is 6.65.